The van der Waals surface area contributed by atoms with Crippen LogP contribution >= 0.6 is 0 Å². The Labute approximate surface area is 137 Å². The van der Waals surface area contributed by atoms with Gasteiger partial charge in [0.1, 0.15) is 0 Å². The highest BCUT2D eigenvalue weighted by Gasteiger charge is 2.03. The molecule has 0 fully saturated rings. The van der Waals surface area contributed by atoms with E-state index in [1.54, 1.807) is 24.3 Å². The van der Waals surface area contributed by atoms with Crippen molar-refractivity contribution in [1.82, 2.24) is 0 Å². The minimum Gasteiger partial charge on any atom is -0.375 e. The van der Waals surface area contributed by atoms with E-state index in [1.165, 1.54) is 5.69 Å². The summed E-state index contributed by atoms with van der Waals surface area (Å²) in [6.07, 6.45) is 2.97. The van der Waals surface area contributed by atoms with Crippen LogP contribution < -0.4 is 4.90 Å². The molecule has 0 aliphatic carbocycles. The van der Waals surface area contributed by atoms with Crippen LogP contribution in [0.2, 0.25) is 0 Å². The Morgan fingerprint density at radius 3 is 2.22 bits per heavy atom. The number of rotatable bonds is 5. The molecule has 0 saturated carbocycles. The van der Waals surface area contributed by atoms with E-state index < -0.39 is 0 Å². The van der Waals surface area contributed by atoms with E-state index >= 15 is 0 Å². The number of nitriles is 2. The summed E-state index contributed by atoms with van der Waals surface area (Å²) < 4.78 is 0. The van der Waals surface area contributed by atoms with Gasteiger partial charge in [0.2, 0.25) is 0 Å². The zero-order valence-electron chi connectivity index (χ0n) is 13.5. The van der Waals surface area contributed by atoms with Gasteiger partial charge in [-0.15, -0.1) is 0 Å². The maximum Gasteiger partial charge on any atom is 0.0998 e. The van der Waals surface area contributed by atoms with Crippen LogP contribution in [0.15, 0.2) is 48.5 Å². The largest absolute Gasteiger partial charge is 0.375 e. The Bertz CT molecular complexity index is 757. The number of benzene rings is 2. The quantitative estimate of drug-likeness (QED) is 0.605. The minimum atomic E-state index is 0.587. The standard InChI is InChI=1S/C20H19N3/c1-3-12-23(2)20-10-6-16(7-11-20)13-19(15-22)18-8-4-17(14-21)5-9-18/h4-11,13H,3,12H2,1-2H3/b19-13+. The van der Waals surface area contributed by atoms with Crippen LogP contribution in [-0.4, -0.2) is 13.6 Å². The smallest absolute Gasteiger partial charge is 0.0998 e. The van der Waals surface area contributed by atoms with Gasteiger partial charge in [-0.1, -0.05) is 31.2 Å². The van der Waals surface area contributed by atoms with Crippen LogP contribution in [0.1, 0.15) is 30.0 Å². The second kappa shape index (κ2) is 7.82. The van der Waals surface area contributed by atoms with Crippen LogP contribution in [0.3, 0.4) is 0 Å². The summed E-state index contributed by atoms with van der Waals surface area (Å²) in [5, 5.41) is 18.2. The number of allylic oxidation sites excluding steroid dienone is 1. The van der Waals surface area contributed by atoms with Crippen molar-refractivity contribution in [3.63, 3.8) is 0 Å². The third-order valence-corrected chi connectivity index (χ3v) is 3.65. The molecular weight excluding hydrogens is 282 g/mol. The lowest BCUT2D eigenvalue weighted by Crippen LogP contribution is -2.17. The fraction of sp³-hybridized carbons (Fsp3) is 0.200. The first-order chi connectivity index (χ1) is 11.2. The highest BCUT2D eigenvalue weighted by Crippen LogP contribution is 2.20. The molecule has 0 amide bonds. The first-order valence-electron chi connectivity index (χ1n) is 7.61. The van der Waals surface area contributed by atoms with Crippen molar-refractivity contribution in [3.8, 4) is 12.1 Å². The Morgan fingerprint density at radius 1 is 1.04 bits per heavy atom. The lowest BCUT2D eigenvalue weighted by molar-refractivity contribution is 0.852. The van der Waals surface area contributed by atoms with Gasteiger partial charge in [0.15, 0.2) is 0 Å². The minimum absolute atomic E-state index is 0.587. The maximum atomic E-state index is 9.39. The van der Waals surface area contributed by atoms with E-state index in [-0.39, 0.29) is 0 Å². The summed E-state index contributed by atoms with van der Waals surface area (Å²) in [5.41, 5.74) is 4.15. The number of anilines is 1. The first-order valence-corrected chi connectivity index (χ1v) is 7.61. The lowest BCUT2D eigenvalue weighted by Gasteiger charge is -2.18. The molecule has 3 heteroatoms. The Hall–Kier alpha value is -3.04. The fourth-order valence-corrected chi connectivity index (χ4v) is 2.36. The zero-order chi connectivity index (χ0) is 16.7. The molecule has 0 bridgehead atoms. The summed E-state index contributed by atoms with van der Waals surface area (Å²) >= 11 is 0. The SMILES string of the molecule is CCCN(C)c1ccc(/C=C(\C#N)c2ccc(C#N)cc2)cc1. The van der Waals surface area contributed by atoms with Gasteiger partial charge in [0.25, 0.3) is 0 Å². The molecule has 2 rings (SSSR count). The third-order valence-electron chi connectivity index (χ3n) is 3.65. The van der Waals surface area contributed by atoms with Gasteiger partial charge < -0.3 is 4.90 Å². The number of hydrogen-bond acceptors (Lipinski definition) is 3. The van der Waals surface area contributed by atoms with Crippen molar-refractivity contribution < 1.29 is 0 Å². The molecule has 0 saturated heterocycles. The molecule has 0 heterocycles. The Kier molecular flexibility index (Phi) is 5.56. The molecule has 0 radical (unpaired) electrons. The third kappa shape index (κ3) is 4.22. The normalized spacial score (nSPS) is 10.7. The molecular formula is C20H19N3. The van der Waals surface area contributed by atoms with Gasteiger partial charge >= 0.3 is 0 Å². The van der Waals surface area contributed by atoms with Crippen molar-refractivity contribution >= 4 is 17.3 Å². The topological polar surface area (TPSA) is 50.8 Å². The molecule has 2 aromatic rings. The molecule has 0 atom stereocenters. The fourth-order valence-electron chi connectivity index (χ4n) is 2.36. The lowest BCUT2D eigenvalue weighted by atomic mass is 10.0. The summed E-state index contributed by atoms with van der Waals surface area (Å²) in [5.74, 6) is 0. The molecule has 3 nitrogen and oxygen atoms in total. The highest BCUT2D eigenvalue weighted by atomic mass is 15.1. The molecule has 0 aliphatic rings. The molecule has 0 aromatic heterocycles. The van der Waals surface area contributed by atoms with E-state index in [4.69, 9.17) is 5.26 Å². The van der Waals surface area contributed by atoms with Crippen molar-refractivity contribution in [2.75, 3.05) is 18.5 Å². The van der Waals surface area contributed by atoms with Gasteiger partial charge in [-0.25, -0.2) is 0 Å². The van der Waals surface area contributed by atoms with E-state index in [9.17, 15) is 5.26 Å². The van der Waals surface area contributed by atoms with Gasteiger partial charge in [-0.3, -0.25) is 0 Å². The Balaban J connectivity index is 2.24. The maximum absolute atomic E-state index is 9.39. The average Bonchev–Trinajstić information content (AvgIpc) is 2.60. The van der Waals surface area contributed by atoms with E-state index in [0.29, 0.717) is 11.1 Å². The summed E-state index contributed by atoms with van der Waals surface area (Å²) in [4.78, 5) is 2.21. The molecule has 114 valence electrons. The molecule has 23 heavy (non-hydrogen) atoms. The van der Waals surface area contributed by atoms with E-state index in [1.807, 2.05) is 18.2 Å². The molecule has 0 unspecified atom stereocenters. The van der Waals surface area contributed by atoms with Crippen LogP contribution in [-0.2, 0) is 0 Å². The van der Waals surface area contributed by atoms with Crippen molar-refractivity contribution in [1.29, 1.82) is 10.5 Å². The summed E-state index contributed by atoms with van der Waals surface area (Å²) in [6, 6.07) is 19.5. The molecule has 0 N–H and O–H groups in total. The van der Waals surface area contributed by atoms with Crippen molar-refractivity contribution in [2.45, 2.75) is 13.3 Å². The van der Waals surface area contributed by atoms with Crippen LogP contribution in [0.25, 0.3) is 11.6 Å². The van der Waals surface area contributed by atoms with Gasteiger partial charge in [-0.2, -0.15) is 10.5 Å². The average molecular weight is 301 g/mol. The number of nitrogens with zero attached hydrogens (tertiary/aromatic N) is 3. The van der Waals surface area contributed by atoms with Crippen molar-refractivity contribution in [2.24, 2.45) is 0 Å². The van der Waals surface area contributed by atoms with Gasteiger partial charge in [-0.05, 0) is 47.9 Å². The van der Waals surface area contributed by atoms with E-state index in [2.05, 4.69) is 43.1 Å². The predicted molar refractivity (Wildman–Crippen MR) is 94.6 cm³/mol. The monoisotopic (exact) mass is 301 g/mol. The zero-order valence-corrected chi connectivity index (χ0v) is 13.5. The molecule has 0 spiro atoms. The van der Waals surface area contributed by atoms with Crippen molar-refractivity contribution in [3.05, 3.63) is 65.2 Å². The van der Waals surface area contributed by atoms with Crippen LogP contribution in [0, 0.1) is 22.7 Å². The van der Waals surface area contributed by atoms with Crippen LogP contribution in [0.5, 0.6) is 0 Å². The molecule has 2 aromatic carbocycles. The predicted octanol–water partition coefficient (Wildman–Crippen LogP) is 4.47. The van der Waals surface area contributed by atoms with Crippen LogP contribution in [0.4, 0.5) is 5.69 Å². The van der Waals surface area contributed by atoms with Gasteiger partial charge in [0.05, 0.1) is 23.3 Å². The summed E-state index contributed by atoms with van der Waals surface area (Å²) in [6.45, 7) is 3.17. The second-order valence-corrected chi connectivity index (χ2v) is 5.37. The highest BCUT2D eigenvalue weighted by molar-refractivity contribution is 5.89. The van der Waals surface area contributed by atoms with E-state index in [0.717, 1.165) is 24.1 Å². The second-order valence-electron chi connectivity index (χ2n) is 5.37. The van der Waals surface area contributed by atoms with Gasteiger partial charge in [0, 0.05) is 19.3 Å². The molecule has 0 aliphatic heterocycles. The first kappa shape index (κ1) is 16.3. The number of hydrogen-bond donors (Lipinski definition) is 0. The Morgan fingerprint density at radius 2 is 1.70 bits per heavy atom. The summed E-state index contributed by atoms with van der Waals surface area (Å²) in [7, 11) is 2.08.